The van der Waals surface area contributed by atoms with Crippen molar-refractivity contribution >= 4 is 22.5 Å². The molecule has 28 heavy (non-hydrogen) atoms. The minimum absolute atomic E-state index is 0.0172. The third-order valence-corrected chi connectivity index (χ3v) is 4.75. The third-order valence-electron chi connectivity index (χ3n) is 4.75. The number of Topliss-reactive ketones (excluding diaryl/α,β-unsaturated/α-hetero) is 1. The highest BCUT2D eigenvalue weighted by Gasteiger charge is 2.19. The second-order valence-electron chi connectivity index (χ2n) is 6.52. The quantitative estimate of drug-likeness (QED) is 0.486. The molecule has 3 rings (SSSR count). The van der Waals surface area contributed by atoms with Crippen LogP contribution in [-0.4, -0.2) is 28.1 Å². The summed E-state index contributed by atoms with van der Waals surface area (Å²) in [5.41, 5.74) is 2.27. The smallest absolute Gasteiger partial charge is 0.359 e. The van der Waals surface area contributed by atoms with Gasteiger partial charge in [0.05, 0.1) is 5.39 Å². The van der Waals surface area contributed by atoms with E-state index in [1.165, 1.54) is 7.05 Å². The Morgan fingerprint density at radius 3 is 2.43 bits per heavy atom. The van der Waals surface area contributed by atoms with Gasteiger partial charge in [-0.2, -0.15) is 5.10 Å². The van der Waals surface area contributed by atoms with E-state index < -0.39 is 5.97 Å². The largest absolute Gasteiger partial charge is 0.452 e. The van der Waals surface area contributed by atoms with Crippen molar-refractivity contribution in [3.8, 4) is 0 Å². The standard InChI is InChI=1S/C22H22N2O4/c1-4-14-10-11-15(5-2)18(12-14)19(25)13-28-22(27)20-16-8-6-7-9-17(16)21(26)24(3)23-20/h6-12H,4-5,13H2,1-3H3. The van der Waals surface area contributed by atoms with Gasteiger partial charge in [0.2, 0.25) is 5.78 Å². The SMILES string of the molecule is CCc1ccc(CC)c(C(=O)COC(=O)c2nn(C)c(=O)c3ccccc23)c1. The van der Waals surface area contributed by atoms with Crippen molar-refractivity contribution in [1.82, 2.24) is 9.78 Å². The van der Waals surface area contributed by atoms with E-state index in [0.717, 1.165) is 22.2 Å². The zero-order valence-corrected chi connectivity index (χ0v) is 16.2. The maximum atomic E-state index is 12.7. The Hall–Kier alpha value is -3.28. The van der Waals surface area contributed by atoms with E-state index in [2.05, 4.69) is 5.10 Å². The molecular weight excluding hydrogens is 356 g/mol. The number of carbonyl (C=O) groups is 2. The molecule has 0 aliphatic rings. The average Bonchev–Trinajstić information content (AvgIpc) is 2.73. The van der Waals surface area contributed by atoms with Gasteiger partial charge in [0, 0.05) is 18.0 Å². The lowest BCUT2D eigenvalue weighted by atomic mass is 9.98. The number of hydrogen-bond acceptors (Lipinski definition) is 5. The van der Waals surface area contributed by atoms with Gasteiger partial charge in [-0.1, -0.05) is 44.2 Å². The summed E-state index contributed by atoms with van der Waals surface area (Å²) in [7, 11) is 1.47. The van der Waals surface area contributed by atoms with Crippen molar-refractivity contribution in [3.63, 3.8) is 0 Å². The molecule has 0 fully saturated rings. The van der Waals surface area contributed by atoms with Crippen LogP contribution >= 0.6 is 0 Å². The summed E-state index contributed by atoms with van der Waals surface area (Å²) < 4.78 is 6.35. The first-order valence-electron chi connectivity index (χ1n) is 9.24. The van der Waals surface area contributed by atoms with Crippen molar-refractivity contribution in [2.45, 2.75) is 26.7 Å². The number of esters is 1. The van der Waals surface area contributed by atoms with Crippen LogP contribution in [0.2, 0.25) is 0 Å². The highest BCUT2D eigenvalue weighted by atomic mass is 16.5. The van der Waals surface area contributed by atoms with Gasteiger partial charge in [-0.15, -0.1) is 0 Å². The molecule has 6 nitrogen and oxygen atoms in total. The summed E-state index contributed by atoms with van der Waals surface area (Å²) in [6.45, 7) is 3.62. The Balaban J connectivity index is 1.86. The number of nitrogens with zero attached hydrogens (tertiary/aromatic N) is 2. The van der Waals surface area contributed by atoms with Crippen molar-refractivity contribution in [1.29, 1.82) is 0 Å². The molecule has 144 valence electrons. The van der Waals surface area contributed by atoms with Gasteiger partial charge in [0.25, 0.3) is 5.56 Å². The second kappa shape index (κ2) is 8.17. The number of benzene rings is 2. The van der Waals surface area contributed by atoms with Gasteiger partial charge in [-0.25, -0.2) is 9.48 Å². The number of hydrogen-bond donors (Lipinski definition) is 0. The summed E-state index contributed by atoms with van der Waals surface area (Å²) in [4.78, 5) is 37.4. The molecule has 0 spiro atoms. The molecule has 2 aromatic carbocycles. The lowest BCUT2D eigenvalue weighted by Gasteiger charge is -2.11. The first kappa shape index (κ1) is 19.5. The molecule has 1 heterocycles. The topological polar surface area (TPSA) is 78.3 Å². The molecule has 0 saturated heterocycles. The van der Waals surface area contributed by atoms with Crippen LogP contribution in [0.5, 0.6) is 0 Å². The van der Waals surface area contributed by atoms with E-state index in [9.17, 15) is 14.4 Å². The van der Waals surface area contributed by atoms with Crippen LogP contribution in [0.4, 0.5) is 0 Å². The highest BCUT2D eigenvalue weighted by molar-refractivity contribution is 6.04. The van der Waals surface area contributed by atoms with Gasteiger partial charge < -0.3 is 4.74 Å². The maximum Gasteiger partial charge on any atom is 0.359 e. The Morgan fingerprint density at radius 2 is 1.75 bits per heavy atom. The Bertz CT molecular complexity index is 1120. The molecule has 0 saturated carbocycles. The third kappa shape index (κ3) is 3.71. The van der Waals surface area contributed by atoms with E-state index in [1.807, 2.05) is 32.0 Å². The summed E-state index contributed by atoms with van der Waals surface area (Å²) in [5.74, 6) is -0.987. The first-order chi connectivity index (χ1) is 13.5. The molecule has 0 radical (unpaired) electrons. The van der Waals surface area contributed by atoms with Crippen LogP contribution in [0.1, 0.15) is 45.8 Å². The molecule has 0 aliphatic carbocycles. The van der Waals surface area contributed by atoms with E-state index >= 15 is 0 Å². The van der Waals surface area contributed by atoms with Gasteiger partial charge in [0.1, 0.15) is 0 Å². The lowest BCUT2D eigenvalue weighted by molar-refractivity contribution is 0.0468. The molecule has 0 bridgehead atoms. The van der Waals surface area contributed by atoms with Crippen molar-refractivity contribution in [2.24, 2.45) is 7.05 Å². The number of carbonyl (C=O) groups excluding carboxylic acids is 2. The molecular formula is C22H22N2O4. The predicted octanol–water partition coefficient (Wildman–Crippen LogP) is 3.10. The minimum atomic E-state index is -0.732. The van der Waals surface area contributed by atoms with E-state index in [4.69, 9.17) is 4.74 Å². The fourth-order valence-electron chi connectivity index (χ4n) is 3.14. The molecule has 1 aromatic heterocycles. The van der Waals surface area contributed by atoms with Crippen LogP contribution in [0, 0.1) is 0 Å². The van der Waals surface area contributed by atoms with Gasteiger partial charge >= 0.3 is 5.97 Å². The molecule has 0 aliphatic heterocycles. The lowest BCUT2D eigenvalue weighted by Crippen LogP contribution is -2.24. The Kier molecular flexibility index (Phi) is 5.68. The van der Waals surface area contributed by atoms with Crippen LogP contribution < -0.4 is 5.56 Å². The summed E-state index contributed by atoms with van der Waals surface area (Å²) in [6, 6.07) is 12.5. The molecule has 0 amide bonds. The molecule has 3 aromatic rings. The maximum absolute atomic E-state index is 12.7. The highest BCUT2D eigenvalue weighted by Crippen LogP contribution is 2.16. The van der Waals surface area contributed by atoms with E-state index in [0.29, 0.717) is 22.8 Å². The number of fused-ring (bicyclic) bond motifs is 1. The van der Waals surface area contributed by atoms with Crippen molar-refractivity contribution in [2.75, 3.05) is 6.61 Å². The minimum Gasteiger partial charge on any atom is -0.452 e. The van der Waals surface area contributed by atoms with Crippen LogP contribution in [0.15, 0.2) is 47.3 Å². The molecule has 0 N–H and O–H groups in total. The molecule has 6 heteroatoms. The normalized spacial score (nSPS) is 10.8. The number of aromatic nitrogens is 2. The fraction of sp³-hybridized carbons (Fsp3) is 0.273. The van der Waals surface area contributed by atoms with Gasteiger partial charge in [0.15, 0.2) is 12.3 Å². The van der Waals surface area contributed by atoms with Crippen LogP contribution in [0.3, 0.4) is 0 Å². The van der Waals surface area contributed by atoms with Crippen LogP contribution in [0.25, 0.3) is 10.8 Å². The summed E-state index contributed by atoms with van der Waals surface area (Å²) in [6.07, 6.45) is 1.53. The summed E-state index contributed by atoms with van der Waals surface area (Å²) >= 11 is 0. The number of rotatable bonds is 6. The summed E-state index contributed by atoms with van der Waals surface area (Å²) in [5, 5.41) is 4.82. The van der Waals surface area contributed by atoms with Gasteiger partial charge in [-0.05, 0) is 36.1 Å². The van der Waals surface area contributed by atoms with Crippen molar-refractivity contribution in [3.05, 3.63) is 75.2 Å². The van der Waals surface area contributed by atoms with Crippen LogP contribution in [-0.2, 0) is 24.6 Å². The first-order valence-corrected chi connectivity index (χ1v) is 9.24. The molecule has 0 unspecified atom stereocenters. The number of ketones is 1. The van der Waals surface area contributed by atoms with Crippen molar-refractivity contribution < 1.29 is 14.3 Å². The zero-order valence-electron chi connectivity index (χ0n) is 16.2. The average molecular weight is 378 g/mol. The fourth-order valence-corrected chi connectivity index (χ4v) is 3.14. The monoisotopic (exact) mass is 378 g/mol. The van der Waals surface area contributed by atoms with E-state index in [1.54, 1.807) is 24.3 Å². The predicted molar refractivity (Wildman–Crippen MR) is 107 cm³/mol. The number of aryl methyl sites for hydroxylation is 3. The molecule has 0 atom stereocenters. The van der Waals surface area contributed by atoms with Gasteiger partial charge in [-0.3, -0.25) is 9.59 Å². The zero-order chi connectivity index (χ0) is 20.3. The Morgan fingerprint density at radius 1 is 1.04 bits per heavy atom. The van der Waals surface area contributed by atoms with E-state index in [-0.39, 0.29) is 23.6 Å². The second-order valence-corrected chi connectivity index (χ2v) is 6.52. The number of ether oxygens (including phenoxy) is 1. The Labute approximate surface area is 162 Å².